The molecule has 1 N–H and O–H groups in total. The average Bonchev–Trinajstić information content (AvgIpc) is 2.76. The number of nitrogens with zero attached hydrogens (tertiary/aromatic N) is 2. The topological polar surface area (TPSA) is 54.5 Å². The van der Waals surface area contributed by atoms with Crippen LogP contribution in [0.4, 0.5) is 11.5 Å². The summed E-state index contributed by atoms with van der Waals surface area (Å²) in [6.07, 6.45) is 4.03. The van der Waals surface area contributed by atoms with Gasteiger partial charge in [0.25, 0.3) is 5.91 Å². The lowest BCUT2D eigenvalue weighted by Gasteiger charge is -2.31. The number of carbonyl (C=O) groups excluding carboxylic acids is 1. The molecule has 1 amide bonds. The quantitative estimate of drug-likeness (QED) is 0.640. The first-order chi connectivity index (χ1) is 14.2. The summed E-state index contributed by atoms with van der Waals surface area (Å²) in [7, 11) is 0. The zero-order valence-corrected chi connectivity index (χ0v) is 16.5. The maximum atomic E-state index is 12.5. The Morgan fingerprint density at radius 3 is 2.31 bits per heavy atom. The molecule has 1 aliphatic heterocycles. The maximum Gasteiger partial charge on any atom is 0.257 e. The van der Waals surface area contributed by atoms with Gasteiger partial charge in [0.15, 0.2) is 0 Å². The number of nitrogens with one attached hydrogen (secondary N) is 1. The summed E-state index contributed by atoms with van der Waals surface area (Å²) >= 11 is 0. The molecule has 0 bridgehead atoms. The highest BCUT2D eigenvalue weighted by molar-refractivity contribution is 6.04. The predicted octanol–water partition coefficient (Wildman–Crippen LogP) is 5.36. The van der Waals surface area contributed by atoms with Crippen molar-refractivity contribution in [2.24, 2.45) is 5.92 Å². The molecule has 5 nitrogen and oxygen atoms in total. The highest BCUT2D eigenvalue weighted by Crippen LogP contribution is 2.24. The number of hydrogen-bond acceptors (Lipinski definition) is 4. The van der Waals surface area contributed by atoms with Crippen molar-refractivity contribution in [1.29, 1.82) is 0 Å². The molecule has 2 aromatic carbocycles. The normalized spacial score (nSPS) is 14.4. The van der Waals surface area contributed by atoms with Crippen molar-refractivity contribution in [3.8, 4) is 11.5 Å². The van der Waals surface area contributed by atoms with E-state index in [1.807, 2.05) is 66.7 Å². The molecule has 1 aliphatic rings. The van der Waals surface area contributed by atoms with E-state index < -0.39 is 0 Å². The van der Waals surface area contributed by atoms with Crippen molar-refractivity contribution < 1.29 is 9.53 Å². The molecule has 1 aromatic heterocycles. The van der Waals surface area contributed by atoms with Crippen molar-refractivity contribution >= 4 is 17.4 Å². The van der Waals surface area contributed by atoms with Gasteiger partial charge in [-0.25, -0.2) is 4.98 Å². The third-order valence-corrected chi connectivity index (χ3v) is 5.21. The lowest BCUT2D eigenvalue weighted by Crippen LogP contribution is -2.33. The van der Waals surface area contributed by atoms with Crippen LogP contribution in [0.3, 0.4) is 0 Å². The van der Waals surface area contributed by atoms with E-state index in [4.69, 9.17) is 4.74 Å². The van der Waals surface area contributed by atoms with Gasteiger partial charge in [0.05, 0.1) is 5.56 Å². The molecular weight excluding hydrogens is 362 g/mol. The summed E-state index contributed by atoms with van der Waals surface area (Å²) in [6, 6.07) is 20.7. The SMILES string of the molecule is CC1CCN(c2ccc(C(=O)Nc3ccc(Oc4ccccc4)cc3)cn2)CC1. The molecule has 1 saturated heterocycles. The van der Waals surface area contributed by atoms with Gasteiger partial charge < -0.3 is 15.0 Å². The summed E-state index contributed by atoms with van der Waals surface area (Å²) in [6.45, 7) is 4.34. The van der Waals surface area contributed by atoms with Gasteiger partial charge in [-0.15, -0.1) is 0 Å². The van der Waals surface area contributed by atoms with Crippen molar-refractivity contribution in [3.63, 3.8) is 0 Å². The molecule has 2 heterocycles. The summed E-state index contributed by atoms with van der Waals surface area (Å²) < 4.78 is 5.77. The van der Waals surface area contributed by atoms with E-state index in [1.54, 1.807) is 6.20 Å². The van der Waals surface area contributed by atoms with Gasteiger partial charge in [-0.1, -0.05) is 25.1 Å². The summed E-state index contributed by atoms with van der Waals surface area (Å²) in [5.74, 6) is 3.04. The lowest BCUT2D eigenvalue weighted by atomic mass is 9.99. The van der Waals surface area contributed by atoms with E-state index >= 15 is 0 Å². The molecule has 3 aromatic rings. The zero-order valence-electron chi connectivity index (χ0n) is 16.5. The van der Waals surface area contributed by atoms with Crippen LogP contribution in [0.5, 0.6) is 11.5 Å². The standard InChI is InChI=1S/C24H25N3O2/c1-18-13-15-27(16-14-18)23-12-7-19(17-25-23)24(28)26-20-8-10-22(11-9-20)29-21-5-3-2-4-6-21/h2-12,17-18H,13-16H2,1H3,(H,26,28). The Balaban J connectivity index is 1.35. The van der Waals surface area contributed by atoms with Crippen molar-refractivity contribution in [3.05, 3.63) is 78.5 Å². The Labute approximate surface area is 171 Å². The number of benzene rings is 2. The van der Waals surface area contributed by atoms with Crippen molar-refractivity contribution in [2.45, 2.75) is 19.8 Å². The van der Waals surface area contributed by atoms with Gasteiger partial charge in [0.1, 0.15) is 17.3 Å². The van der Waals surface area contributed by atoms with Crippen LogP contribution in [0.1, 0.15) is 30.1 Å². The number of pyridine rings is 1. The first-order valence-corrected chi connectivity index (χ1v) is 10.0. The predicted molar refractivity (Wildman–Crippen MR) is 116 cm³/mol. The number of ether oxygens (including phenoxy) is 1. The molecule has 0 unspecified atom stereocenters. The van der Waals surface area contributed by atoms with E-state index in [9.17, 15) is 4.79 Å². The largest absolute Gasteiger partial charge is 0.457 e. The van der Waals surface area contributed by atoms with E-state index in [0.29, 0.717) is 11.3 Å². The third-order valence-electron chi connectivity index (χ3n) is 5.21. The molecule has 4 rings (SSSR count). The maximum absolute atomic E-state index is 12.5. The van der Waals surface area contributed by atoms with Crippen LogP contribution in [0, 0.1) is 5.92 Å². The van der Waals surface area contributed by atoms with Gasteiger partial charge in [-0.05, 0) is 67.3 Å². The van der Waals surface area contributed by atoms with Crippen LogP contribution in [-0.2, 0) is 0 Å². The Bertz CT molecular complexity index is 932. The molecule has 0 aliphatic carbocycles. The van der Waals surface area contributed by atoms with E-state index in [0.717, 1.165) is 36.3 Å². The van der Waals surface area contributed by atoms with Crippen LogP contribution in [0.15, 0.2) is 72.9 Å². The zero-order chi connectivity index (χ0) is 20.1. The number of para-hydroxylation sites is 1. The monoisotopic (exact) mass is 387 g/mol. The van der Waals surface area contributed by atoms with Crippen LogP contribution < -0.4 is 15.0 Å². The number of anilines is 2. The van der Waals surface area contributed by atoms with Gasteiger partial charge >= 0.3 is 0 Å². The molecule has 0 spiro atoms. The minimum absolute atomic E-state index is 0.173. The average molecular weight is 387 g/mol. The number of piperidine rings is 1. The van der Waals surface area contributed by atoms with Crippen LogP contribution in [-0.4, -0.2) is 24.0 Å². The van der Waals surface area contributed by atoms with E-state index in [-0.39, 0.29) is 5.91 Å². The number of hydrogen-bond donors (Lipinski definition) is 1. The molecule has 1 fully saturated rings. The second-order valence-electron chi connectivity index (χ2n) is 7.47. The second kappa shape index (κ2) is 8.78. The van der Waals surface area contributed by atoms with E-state index in [2.05, 4.69) is 22.1 Å². The summed E-state index contributed by atoms with van der Waals surface area (Å²) in [5, 5.41) is 2.91. The molecule has 148 valence electrons. The van der Waals surface area contributed by atoms with Crippen LogP contribution >= 0.6 is 0 Å². The summed E-state index contributed by atoms with van der Waals surface area (Å²) in [5.41, 5.74) is 1.26. The minimum Gasteiger partial charge on any atom is -0.457 e. The highest BCUT2D eigenvalue weighted by atomic mass is 16.5. The number of carbonyl (C=O) groups is 1. The van der Waals surface area contributed by atoms with Gasteiger partial charge in [-0.3, -0.25) is 4.79 Å². The highest BCUT2D eigenvalue weighted by Gasteiger charge is 2.17. The van der Waals surface area contributed by atoms with Crippen LogP contribution in [0.25, 0.3) is 0 Å². The number of rotatable bonds is 5. The third kappa shape index (κ3) is 4.93. The fourth-order valence-corrected chi connectivity index (χ4v) is 3.38. The molecular formula is C24H25N3O2. The number of amides is 1. The van der Waals surface area contributed by atoms with Gasteiger partial charge in [0.2, 0.25) is 0 Å². The Morgan fingerprint density at radius 2 is 1.66 bits per heavy atom. The summed E-state index contributed by atoms with van der Waals surface area (Å²) in [4.78, 5) is 19.3. The van der Waals surface area contributed by atoms with Gasteiger partial charge in [0, 0.05) is 25.0 Å². The molecule has 0 saturated carbocycles. The van der Waals surface area contributed by atoms with Crippen molar-refractivity contribution in [2.75, 3.05) is 23.3 Å². The first-order valence-electron chi connectivity index (χ1n) is 10.0. The van der Waals surface area contributed by atoms with Crippen LogP contribution in [0.2, 0.25) is 0 Å². The fourth-order valence-electron chi connectivity index (χ4n) is 3.38. The minimum atomic E-state index is -0.173. The van der Waals surface area contributed by atoms with Crippen molar-refractivity contribution in [1.82, 2.24) is 4.98 Å². The Hall–Kier alpha value is -3.34. The lowest BCUT2D eigenvalue weighted by molar-refractivity contribution is 0.102. The number of aromatic nitrogens is 1. The molecule has 0 atom stereocenters. The fraction of sp³-hybridized carbons (Fsp3) is 0.250. The smallest absolute Gasteiger partial charge is 0.257 e. The Kier molecular flexibility index (Phi) is 5.75. The second-order valence-corrected chi connectivity index (χ2v) is 7.47. The van der Waals surface area contributed by atoms with Gasteiger partial charge in [-0.2, -0.15) is 0 Å². The van der Waals surface area contributed by atoms with E-state index in [1.165, 1.54) is 12.8 Å². The first kappa shape index (κ1) is 19.0. The molecule has 5 heteroatoms. The Morgan fingerprint density at radius 1 is 0.966 bits per heavy atom. The molecule has 29 heavy (non-hydrogen) atoms. The molecule has 0 radical (unpaired) electrons.